The molecule has 3 aromatic rings. The van der Waals surface area contributed by atoms with E-state index in [2.05, 4.69) is 33.2 Å². The molecule has 0 unspecified atom stereocenters. The third kappa shape index (κ3) is 5.17. The van der Waals surface area contributed by atoms with Gasteiger partial charge in [0.15, 0.2) is 5.96 Å². The fraction of sp³-hybridized carbons (Fsp3) is 0.348. The summed E-state index contributed by atoms with van der Waals surface area (Å²) in [6.07, 6.45) is 9.48. The second-order valence-corrected chi connectivity index (χ2v) is 7.28. The third-order valence-electron chi connectivity index (χ3n) is 5.11. The molecular weight excluding hydrogens is 376 g/mol. The summed E-state index contributed by atoms with van der Waals surface area (Å²) in [7, 11) is 0. The number of pyridine rings is 1. The molecule has 1 N–H and O–H groups in total. The van der Waals surface area contributed by atoms with Crippen molar-refractivity contribution < 1.29 is 4.74 Å². The summed E-state index contributed by atoms with van der Waals surface area (Å²) in [5.41, 5.74) is 1.08. The van der Waals surface area contributed by atoms with Gasteiger partial charge >= 0.3 is 0 Å². The van der Waals surface area contributed by atoms with Crippen molar-refractivity contribution in [3.63, 3.8) is 0 Å². The van der Waals surface area contributed by atoms with E-state index in [9.17, 15) is 0 Å². The average Bonchev–Trinajstić information content (AvgIpc) is 3.33. The van der Waals surface area contributed by atoms with Crippen LogP contribution in [0, 0.1) is 0 Å². The zero-order valence-electron chi connectivity index (χ0n) is 17.3. The smallest absolute Gasteiger partial charge is 0.194 e. The molecule has 0 amide bonds. The number of likely N-dealkylation sites (tertiary alicyclic amines) is 1. The summed E-state index contributed by atoms with van der Waals surface area (Å²) in [6, 6.07) is 14.1. The zero-order chi connectivity index (χ0) is 20.6. The van der Waals surface area contributed by atoms with Gasteiger partial charge in [-0.1, -0.05) is 24.3 Å². The number of para-hydroxylation sites is 1. The number of ether oxygens (including phenoxy) is 1. The molecule has 3 heterocycles. The van der Waals surface area contributed by atoms with Crippen molar-refractivity contribution in [1.82, 2.24) is 24.8 Å². The molecule has 30 heavy (non-hydrogen) atoms. The highest BCUT2D eigenvalue weighted by Crippen LogP contribution is 2.19. The predicted octanol–water partition coefficient (Wildman–Crippen LogP) is 3.28. The number of hydrogen-bond donors (Lipinski definition) is 1. The maximum absolute atomic E-state index is 6.11. The molecule has 0 bridgehead atoms. The van der Waals surface area contributed by atoms with Crippen LogP contribution in [0.3, 0.4) is 0 Å². The molecule has 1 aliphatic rings. The van der Waals surface area contributed by atoms with Crippen molar-refractivity contribution >= 4 is 5.96 Å². The normalized spacial score (nSPS) is 15.2. The molecule has 0 saturated carbocycles. The first-order valence-corrected chi connectivity index (χ1v) is 10.5. The summed E-state index contributed by atoms with van der Waals surface area (Å²) in [5, 5.41) is 3.42. The van der Waals surface area contributed by atoms with Crippen LogP contribution < -0.4 is 10.1 Å². The molecule has 4 rings (SSSR count). The Hall–Kier alpha value is -3.35. The minimum Gasteiger partial charge on any atom is -0.490 e. The Morgan fingerprint density at radius 3 is 2.67 bits per heavy atom. The number of aromatic nitrogens is 3. The maximum atomic E-state index is 6.11. The van der Waals surface area contributed by atoms with Crippen molar-refractivity contribution in [3.05, 3.63) is 72.9 Å². The van der Waals surface area contributed by atoms with Gasteiger partial charge in [-0.3, -0.25) is 4.57 Å². The van der Waals surface area contributed by atoms with E-state index in [1.165, 1.54) is 0 Å². The van der Waals surface area contributed by atoms with Crippen LogP contribution in [0.4, 0.5) is 0 Å². The van der Waals surface area contributed by atoms with Crippen LogP contribution in [-0.2, 0) is 6.54 Å². The Bertz CT molecular complexity index is 916. The van der Waals surface area contributed by atoms with Gasteiger partial charge in [0.1, 0.15) is 24.0 Å². The summed E-state index contributed by atoms with van der Waals surface area (Å²) in [4.78, 5) is 15.7. The third-order valence-corrected chi connectivity index (χ3v) is 5.11. The molecule has 1 aromatic carbocycles. The van der Waals surface area contributed by atoms with Crippen molar-refractivity contribution in [2.75, 3.05) is 19.6 Å². The van der Waals surface area contributed by atoms with Gasteiger partial charge in [-0.15, -0.1) is 0 Å². The molecule has 1 saturated heterocycles. The Morgan fingerprint density at radius 2 is 2.00 bits per heavy atom. The van der Waals surface area contributed by atoms with Crippen LogP contribution in [0.25, 0.3) is 5.82 Å². The van der Waals surface area contributed by atoms with Gasteiger partial charge in [-0.25, -0.2) is 15.0 Å². The fourth-order valence-electron chi connectivity index (χ4n) is 3.53. The summed E-state index contributed by atoms with van der Waals surface area (Å²) in [5.74, 6) is 2.75. The van der Waals surface area contributed by atoms with E-state index in [1.807, 2.05) is 53.4 Å². The SMILES string of the molecule is CCNC(=NCc1ccc(-n2ccnc2)nc1)N1CCC(Oc2ccccc2)CC1. The number of aliphatic imine (C=N–C) groups is 1. The highest BCUT2D eigenvalue weighted by molar-refractivity contribution is 5.80. The van der Waals surface area contributed by atoms with Crippen LogP contribution in [0.2, 0.25) is 0 Å². The van der Waals surface area contributed by atoms with Gasteiger partial charge < -0.3 is 15.0 Å². The van der Waals surface area contributed by atoms with Crippen LogP contribution in [0.15, 0.2) is 72.4 Å². The van der Waals surface area contributed by atoms with Crippen molar-refractivity contribution in [2.24, 2.45) is 4.99 Å². The quantitative estimate of drug-likeness (QED) is 0.504. The Balaban J connectivity index is 1.33. The molecule has 156 valence electrons. The number of benzene rings is 1. The Kier molecular flexibility index (Phi) is 6.59. The lowest BCUT2D eigenvalue weighted by Gasteiger charge is -2.34. The Labute approximate surface area is 177 Å². The highest BCUT2D eigenvalue weighted by atomic mass is 16.5. The van der Waals surface area contributed by atoms with Crippen molar-refractivity contribution in [1.29, 1.82) is 0 Å². The number of nitrogens with zero attached hydrogens (tertiary/aromatic N) is 5. The summed E-state index contributed by atoms with van der Waals surface area (Å²) >= 11 is 0. The van der Waals surface area contributed by atoms with E-state index in [0.717, 1.165) is 55.6 Å². The molecule has 0 atom stereocenters. The molecular formula is C23H28N6O. The van der Waals surface area contributed by atoms with Gasteiger partial charge in [0.2, 0.25) is 0 Å². The number of hydrogen-bond acceptors (Lipinski definition) is 4. The van der Waals surface area contributed by atoms with Gasteiger partial charge in [0.05, 0.1) is 6.54 Å². The summed E-state index contributed by atoms with van der Waals surface area (Å²) in [6.45, 7) is 5.40. The van der Waals surface area contributed by atoms with Gasteiger partial charge in [0.25, 0.3) is 0 Å². The lowest BCUT2D eigenvalue weighted by molar-refractivity contribution is 0.129. The number of piperidine rings is 1. The number of rotatable bonds is 6. The summed E-state index contributed by atoms with van der Waals surface area (Å²) < 4.78 is 8.00. The first-order valence-electron chi connectivity index (χ1n) is 10.5. The average molecular weight is 405 g/mol. The molecule has 7 nitrogen and oxygen atoms in total. The lowest BCUT2D eigenvalue weighted by Crippen LogP contribution is -2.47. The van der Waals surface area contributed by atoms with Crippen LogP contribution in [0.5, 0.6) is 5.75 Å². The van der Waals surface area contributed by atoms with E-state index in [0.29, 0.717) is 6.54 Å². The largest absolute Gasteiger partial charge is 0.490 e. The van der Waals surface area contributed by atoms with Gasteiger partial charge in [-0.05, 0) is 30.7 Å². The van der Waals surface area contributed by atoms with Crippen LogP contribution in [-0.4, -0.2) is 51.1 Å². The topological polar surface area (TPSA) is 67.6 Å². The standard InChI is InChI=1S/C23H28N6O/c1-2-25-23(27-17-19-8-9-22(26-16-19)29-15-12-24-18-29)28-13-10-21(11-14-28)30-20-6-4-3-5-7-20/h3-9,12,15-16,18,21H,2,10-11,13-14,17H2,1H3,(H,25,27). The number of imidazole rings is 1. The first kappa shape index (κ1) is 19.9. The zero-order valence-corrected chi connectivity index (χ0v) is 17.3. The lowest BCUT2D eigenvalue weighted by atomic mass is 10.1. The van der Waals surface area contributed by atoms with E-state index in [4.69, 9.17) is 9.73 Å². The van der Waals surface area contributed by atoms with Crippen molar-refractivity contribution in [3.8, 4) is 11.6 Å². The molecule has 2 aromatic heterocycles. The number of nitrogens with one attached hydrogen (secondary N) is 1. The highest BCUT2D eigenvalue weighted by Gasteiger charge is 2.22. The van der Waals surface area contributed by atoms with E-state index >= 15 is 0 Å². The first-order chi connectivity index (χ1) is 14.8. The van der Waals surface area contributed by atoms with E-state index in [1.54, 1.807) is 12.5 Å². The van der Waals surface area contributed by atoms with E-state index in [-0.39, 0.29) is 6.10 Å². The van der Waals surface area contributed by atoms with E-state index < -0.39 is 0 Å². The fourth-order valence-corrected chi connectivity index (χ4v) is 3.53. The molecule has 1 aliphatic heterocycles. The molecule has 0 aliphatic carbocycles. The monoisotopic (exact) mass is 404 g/mol. The predicted molar refractivity (Wildman–Crippen MR) is 118 cm³/mol. The minimum absolute atomic E-state index is 0.256. The second kappa shape index (κ2) is 9.91. The Morgan fingerprint density at radius 1 is 1.17 bits per heavy atom. The second-order valence-electron chi connectivity index (χ2n) is 7.28. The molecule has 0 spiro atoms. The molecule has 7 heteroatoms. The van der Waals surface area contributed by atoms with Crippen LogP contribution >= 0.6 is 0 Å². The van der Waals surface area contributed by atoms with Gasteiger partial charge in [0, 0.05) is 51.1 Å². The molecule has 0 radical (unpaired) electrons. The molecule has 1 fully saturated rings. The van der Waals surface area contributed by atoms with Crippen molar-refractivity contribution in [2.45, 2.75) is 32.4 Å². The minimum atomic E-state index is 0.256. The number of guanidine groups is 1. The maximum Gasteiger partial charge on any atom is 0.194 e. The van der Waals surface area contributed by atoms with Gasteiger partial charge in [-0.2, -0.15) is 0 Å². The van der Waals surface area contributed by atoms with Crippen LogP contribution in [0.1, 0.15) is 25.3 Å².